The Morgan fingerprint density at radius 2 is 1.70 bits per heavy atom. The number of hydrogen-bond acceptors (Lipinski definition) is 8. The highest BCUT2D eigenvalue weighted by Crippen LogP contribution is 2.37. The summed E-state index contributed by atoms with van der Waals surface area (Å²) in [5.74, 6) is -0.782. The predicted molar refractivity (Wildman–Crippen MR) is 179 cm³/mol. The number of nitrogens with zero attached hydrogens (tertiary/aromatic N) is 3. The normalized spacial score (nSPS) is 17.4. The molecular formula is C36H46N4O6. The quantitative estimate of drug-likeness (QED) is 0.259. The Balaban J connectivity index is 1.40. The molecule has 3 aromatic carbocycles. The third-order valence-electron chi connectivity index (χ3n) is 8.92. The van der Waals surface area contributed by atoms with Gasteiger partial charge in [0.05, 0.1) is 31.6 Å². The van der Waals surface area contributed by atoms with E-state index in [1.807, 2.05) is 70.1 Å². The Labute approximate surface area is 271 Å². The first-order chi connectivity index (χ1) is 22.0. The van der Waals surface area contributed by atoms with E-state index in [0.717, 1.165) is 50.2 Å². The molecule has 0 bridgehead atoms. The lowest BCUT2D eigenvalue weighted by Gasteiger charge is -2.26. The second kappa shape index (κ2) is 14.2. The highest BCUT2D eigenvalue weighted by atomic mass is 16.5. The summed E-state index contributed by atoms with van der Waals surface area (Å²) in [5.41, 5.74) is 1.42. The minimum Gasteiger partial charge on any atom is -0.494 e. The van der Waals surface area contributed by atoms with E-state index in [4.69, 9.17) is 14.2 Å². The van der Waals surface area contributed by atoms with Gasteiger partial charge in [-0.1, -0.05) is 45.0 Å². The van der Waals surface area contributed by atoms with Crippen molar-refractivity contribution < 1.29 is 28.6 Å². The standard InChI is InChI=1S/C36H46N4O6/c1-36(2,3)24-21-29(35(43)40-14-13-25(23-40)38(4)5)33(44-6)30(22-24)37-34(42)32(41)28-11-12-31(27-10-8-7-9-26(27)28)46-20-17-39-15-18-45-19-16-39/h7-12,21-22,25H,13-20,23H2,1-6H3,(H,37,42)/t25-/m1/s1. The first-order valence-electron chi connectivity index (χ1n) is 16.0. The summed E-state index contributed by atoms with van der Waals surface area (Å²) in [7, 11) is 5.50. The van der Waals surface area contributed by atoms with Crippen molar-refractivity contribution in [3.05, 3.63) is 65.2 Å². The van der Waals surface area contributed by atoms with Crippen LogP contribution in [0.1, 0.15) is 53.5 Å². The van der Waals surface area contributed by atoms with Gasteiger partial charge in [0.2, 0.25) is 0 Å². The lowest BCUT2D eigenvalue weighted by Crippen LogP contribution is -2.38. The maximum absolute atomic E-state index is 13.8. The third kappa shape index (κ3) is 7.35. The van der Waals surface area contributed by atoms with Crippen LogP contribution in [0.2, 0.25) is 0 Å². The Morgan fingerprint density at radius 3 is 2.35 bits per heavy atom. The van der Waals surface area contributed by atoms with Gasteiger partial charge in [0, 0.05) is 49.7 Å². The van der Waals surface area contributed by atoms with Gasteiger partial charge in [0.15, 0.2) is 5.75 Å². The fraction of sp³-hybridized carbons (Fsp3) is 0.472. The number of anilines is 1. The number of amides is 2. The second-order valence-corrected chi connectivity index (χ2v) is 13.3. The van der Waals surface area contributed by atoms with Crippen LogP contribution in [0.25, 0.3) is 10.8 Å². The van der Waals surface area contributed by atoms with Gasteiger partial charge in [-0.15, -0.1) is 0 Å². The molecule has 0 aromatic heterocycles. The van der Waals surface area contributed by atoms with Gasteiger partial charge in [-0.25, -0.2) is 0 Å². The summed E-state index contributed by atoms with van der Waals surface area (Å²) in [4.78, 5) is 47.4. The van der Waals surface area contributed by atoms with E-state index in [2.05, 4.69) is 15.1 Å². The number of morpholine rings is 1. The predicted octanol–water partition coefficient (Wildman–Crippen LogP) is 4.45. The van der Waals surface area contributed by atoms with Crippen LogP contribution in [0.3, 0.4) is 0 Å². The molecule has 46 heavy (non-hydrogen) atoms. The molecule has 2 amide bonds. The van der Waals surface area contributed by atoms with Gasteiger partial charge in [0.1, 0.15) is 12.4 Å². The van der Waals surface area contributed by atoms with E-state index in [-0.39, 0.29) is 34.4 Å². The Morgan fingerprint density at radius 1 is 0.978 bits per heavy atom. The van der Waals surface area contributed by atoms with E-state index in [1.165, 1.54) is 7.11 Å². The van der Waals surface area contributed by atoms with Gasteiger partial charge in [-0.05, 0) is 61.1 Å². The van der Waals surface area contributed by atoms with E-state index in [9.17, 15) is 14.4 Å². The van der Waals surface area contributed by atoms with Crippen LogP contribution in [-0.4, -0.2) is 112 Å². The Hall–Kier alpha value is -3.99. The number of fused-ring (bicyclic) bond motifs is 1. The molecule has 10 heteroatoms. The van der Waals surface area contributed by atoms with Crippen molar-refractivity contribution in [2.75, 3.05) is 79.1 Å². The molecule has 0 spiro atoms. The Bertz CT molecular complexity index is 1590. The molecule has 3 aromatic rings. The molecule has 2 aliphatic rings. The zero-order valence-electron chi connectivity index (χ0n) is 27.9. The molecule has 1 N–H and O–H groups in total. The van der Waals surface area contributed by atoms with Crippen LogP contribution in [0.5, 0.6) is 11.5 Å². The van der Waals surface area contributed by atoms with Crippen molar-refractivity contribution in [2.24, 2.45) is 0 Å². The molecule has 2 aliphatic heterocycles. The van der Waals surface area contributed by atoms with Gasteiger partial charge in [-0.2, -0.15) is 0 Å². The fourth-order valence-electron chi connectivity index (χ4n) is 6.06. The average molecular weight is 631 g/mol. The molecule has 0 saturated carbocycles. The SMILES string of the molecule is COc1c(NC(=O)C(=O)c2ccc(OCCN3CCOCC3)c3ccccc23)cc(C(C)(C)C)cc1C(=O)N1CC[C@@H](N(C)C)C1. The minimum absolute atomic E-state index is 0.163. The molecule has 10 nitrogen and oxygen atoms in total. The van der Waals surface area contributed by atoms with Crippen LogP contribution in [0.4, 0.5) is 5.69 Å². The van der Waals surface area contributed by atoms with Crippen LogP contribution in [-0.2, 0) is 14.9 Å². The van der Waals surface area contributed by atoms with Crippen molar-refractivity contribution in [1.82, 2.24) is 14.7 Å². The smallest absolute Gasteiger partial charge is 0.296 e. The monoisotopic (exact) mass is 630 g/mol. The number of likely N-dealkylation sites (tertiary alicyclic amines) is 1. The van der Waals surface area contributed by atoms with Gasteiger partial charge in [-0.3, -0.25) is 19.3 Å². The molecule has 5 rings (SSSR count). The maximum Gasteiger partial charge on any atom is 0.296 e. The first-order valence-corrected chi connectivity index (χ1v) is 16.0. The molecule has 2 fully saturated rings. The number of ether oxygens (including phenoxy) is 3. The first kappa shape index (κ1) is 33.4. The molecule has 0 radical (unpaired) electrons. The molecular weight excluding hydrogens is 584 g/mol. The number of carbonyl (C=O) groups excluding carboxylic acids is 3. The number of hydrogen-bond donors (Lipinski definition) is 1. The molecule has 246 valence electrons. The lowest BCUT2D eigenvalue weighted by atomic mass is 9.85. The summed E-state index contributed by atoms with van der Waals surface area (Å²) >= 11 is 0. The third-order valence-corrected chi connectivity index (χ3v) is 8.92. The van der Waals surface area contributed by atoms with E-state index < -0.39 is 11.7 Å². The zero-order valence-corrected chi connectivity index (χ0v) is 27.9. The van der Waals surface area contributed by atoms with Crippen LogP contribution >= 0.6 is 0 Å². The molecule has 0 unspecified atom stereocenters. The number of likely N-dealkylation sites (N-methyl/N-ethyl adjacent to an activating group) is 1. The number of benzene rings is 3. The van der Waals surface area contributed by atoms with E-state index >= 15 is 0 Å². The van der Waals surface area contributed by atoms with Gasteiger partial charge < -0.3 is 29.3 Å². The molecule has 2 heterocycles. The summed E-state index contributed by atoms with van der Waals surface area (Å²) in [6.45, 7) is 11.8. The van der Waals surface area contributed by atoms with Crippen molar-refractivity contribution in [3.8, 4) is 11.5 Å². The number of nitrogens with one attached hydrogen (secondary N) is 1. The Kier molecular flexibility index (Phi) is 10.3. The molecule has 2 saturated heterocycles. The average Bonchev–Trinajstić information content (AvgIpc) is 3.55. The minimum atomic E-state index is -0.817. The van der Waals surface area contributed by atoms with Crippen molar-refractivity contribution in [1.29, 1.82) is 0 Å². The number of carbonyl (C=O) groups is 3. The topological polar surface area (TPSA) is 101 Å². The van der Waals surface area contributed by atoms with Crippen molar-refractivity contribution in [2.45, 2.75) is 38.6 Å². The number of Topliss-reactive ketones (excluding diaryl/α,β-unsaturated/α-hetero) is 1. The summed E-state index contributed by atoms with van der Waals surface area (Å²) < 4.78 is 17.3. The van der Waals surface area contributed by atoms with Crippen molar-refractivity contribution >= 4 is 34.1 Å². The second-order valence-electron chi connectivity index (χ2n) is 13.3. The van der Waals surface area contributed by atoms with Crippen LogP contribution in [0, 0.1) is 0 Å². The van der Waals surface area contributed by atoms with E-state index in [0.29, 0.717) is 36.4 Å². The summed E-state index contributed by atoms with van der Waals surface area (Å²) in [5, 5.41) is 4.18. The van der Waals surface area contributed by atoms with Gasteiger partial charge in [0.25, 0.3) is 17.6 Å². The lowest BCUT2D eigenvalue weighted by molar-refractivity contribution is -0.112. The largest absolute Gasteiger partial charge is 0.494 e. The molecule has 1 atom stereocenters. The number of methoxy groups -OCH3 is 1. The van der Waals surface area contributed by atoms with Crippen molar-refractivity contribution in [3.63, 3.8) is 0 Å². The van der Waals surface area contributed by atoms with Gasteiger partial charge >= 0.3 is 0 Å². The number of ketones is 1. The summed E-state index contributed by atoms with van der Waals surface area (Å²) in [6, 6.07) is 14.7. The molecule has 0 aliphatic carbocycles. The highest BCUT2D eigenvalue weighted by Gasteiger charge is 2.32. The summed E-state index contributed by atoms with van der Waals surface area (Å²) in [6.07, 6.45) is 0.879. The number of rotatable bonds is 10. The van der Waals surface area contributed by atoms with Crippen LogP contribution in [0.15, 0.2) is 48.5 Å². The maximum atomic E-state index is 13.8. The van der Waals surface area contributed by atoms with Crippen LogP contribution < -0.4 is 14.8 Å². The fourth-order valence-corrected chi connectivity index (χ4v) is 6.06. The highest BCUT2D eigenvalue weighted by molar-refractivity contribution is 6.48. The zero-order chi connectivity index (χ0) is 33.0. The van der Waals surface area contributed by atoms with E-state index in [1.54, 1.807) is 18.2 Å².